The molecule has 1 heterocycles. The summed E-state index contributed by atoms with van der Waals surface area (Å²) in [6.07, 6.45) is 5.47. The van der Waals surface area contributed by atoms with Gasteiger partial charge >= 0.3 is 0 Å². The van der Waals surface area contributed by atoms with Gasteiger partial charge in [-0.3, -0.25) is 10.1 Å². The number of amides is 1. The molecule has 1 saturated heterocycles. The van der Waals surface area contributed by atoms with Gasteiger partial charge in [-0.05, 0) is 45.1 Å². The van der Waals surface area contributed by atoms with Crippen molar-refractivity contribution in [1.82, 2.24) is 10.2 Å². The first-order valence-corrected chi connectivity index (χ1v) is 7.52. The maximum atomic E-state index is 12.2. The van der Waals surface area contributed by atoms with Crippen LogP contribution in [-0.4, -0.2) is 41.1 Å². The maximum Gasteiger partial charge on any atom is 0.243 e. The molecule has 16 heavy (non-hydrogen) atoms. The molecule has 0 aromatic carbocycles. The summed E-state index contributed by atoms with van der Waals surface area (Å²) < 4.78 is 0. The van der Waals surface area contributed by atoms with Crippen LogP contribution in [0.1, 0.15) is 40.0 Å². The van der Waals surface area contributed by atoms with Gasteiger partial charge in [-0.1, -0.05) is 6.92 Å². The Balaban J connectivity index is 2.45. The Morgan fingerprint density at radius 1 is 1.50 bits per heavy atom. The van der Waals surface area contributed by atoms with Crippen molar-refractivity contribution >= 4 is 17.7 Å². The molecular formula is C12H24N2OS. The first kappa shape index (κ1) is 13.8. The fourth-order valence-electron chi connectivity index (χ4n) is 2.17. The molecule has 1 fully saturated rings. The smallest absolute Gasteiger partial charge is 0.243 e. The van der Waals surface area contributed by atoms with E-state index in [0.29, 0.717) is 0 Å². The topological polar surface area (TPSA) is 32.3 Å². The standard InChI is InChI=1S/C12H24N2OS/c1-5-12(3)11(15)14(10(2)13-12)8-6-7-9-16-4/h10,13H,5-9H2,1-4H3. The summed E-state index contributed by atoms with van der Waals surface area (Å²) in [6.45, 7) is 7.04. The Bertz CT molecular complexity index is 247. The second kappa shape index (κ2) is 5.92. The number of carbonyl (C=O) groups excluding carboxylic acids is 1. The molecule has 0 aromatic heterocycles. The maximum absolute atomic E-state index is 12.2. The Hall–Kier alpha value is -0.220. The van der Waals surface area contributed by atoms with Gasteiger partial charge in [0.15, 0.2) is 0 Å². The molecule has 0 radical (unpaired) electrons. The molecule has 0 aliphatic carbocycles. The molecule has 4 heteroatoms. The summed E-state index contributed by atoms with van der Waals surface area (Å²) in [6, 6.07) is 0. The molecule has 2 atom stereocenters. The lowest BCUT2D eigenvalue weighted by atomic mass is 9.99. The number of unbranched alkanes of at least 4 members (excludes halogenated alkanes) is 1. The zero-order valence-electron chi connectivity index (χ0n) is 10.9. The highest BCUT2D eigenvalue weighted by Gasteiger charge is 2.44. The summed E-state index contributed by atoms with van der Waals surface area (Å²) in [4.78, 5) is 14.2. The average Bonchev–Trinajstić information content (AvgIpc) is 2.48. The van der Waals surface area contributed by atoms with Crippen molar-refractivity contribution < 1.29 is 4.79 Å². The molecule has 1 aliphatic rings. The van der Waals surface area contributed by atoms with E-state index in [0.717, 1.165) is 19.4 Å². The van der Waals surface area contributed by atoms with E-state index in [4.69, 9.17) is 0 Å². The number of nitrogens with one attached hydrogen (secondary N) is 1. The molecule has 3 nitrogen and oxygen atoms in total. The minimum Gasteiger partial charge on any atom is -0.326 e. The van der Waals surface area contributed by atoms with Gasteiger partial charge in [0.05, 0.1) is 11.7 Å². The predicted octanol–water partition coefficient (Wildman–Crippen LogP) is 2.08. The normalized spacial score (nSPS) is 30.1. The fourth-order valence-corrected chi connectivity index (χ4v) is 2.66. The van der Waals surface area contributed by atoms with Crippen molar-refractivity contribution in [1.29, 1.82) is 0 Å². The monoisotopic (exact) mass is 244 g/mol. The molecule has 0 spiro atoms. The Kier molecular flexibility index (Phi) is 5.12. The molecule has 0 saturated carbocycles. The highest BCUT2D eigenvalue weighted by atomic mass is 32.2. The zero-order valence-corrected chi connectivity index (χ0v) is 11.7. The highest BCUT2D eigenvalue weighted by molar-refractivity contribution is 7.98. The van der Waals surface area contributed by atoms with Gasteiger partial charge in [0.25, 0.3) is 0 Å². The van der Waals surface area contributed by atoms with Crippen LogP contribution in [0.15, 0.2) is 0 Å². The Morgan fingerprint density at radius 2 is 2.19 bits per heavy atom. The van der Waals surface area contributed by atoms with Crippen LogP contribution in [0.3, 0.4) is 0 Å². The van der Waals surface area contributed by atoms with Gasteiger partial charge in [-0.25, -0.2) is 0 Å². The second-order valence-corrected chi connectivity index (χ2v) is 5.69. The van der Waals surface area contributed by atoms with E-state index in [2.05, 4.69) is 25.4 Å². The Morgan fingerprint density at radius 3 is 2.69 bits per heavy atom. The minimum atomic E-state index is -0.334. The molecule has 1 aliphatic heterocycles. The SMILES string of the molecule is CCC1(C)NC(C)N(CCCCSC)C1=O. The molecule has 2 unspecified atom stereocenters. The van der Waals surface area contributed by atoms with Crippen LogP contribution in [0.25, 0.3) is 0 Å². The summed E-state index contributed by atoms with van der Waals surface area (Å²) in [5.74, 6) is 1.46. The molecule has 1 amide bonds. The number of rotatable bonds is 6. The van der Waals surface area contributed by atoms with E-state index in [1.165, 1.54) is 12.2 Å². The van der Waals surface area contributed by atoms with Gasteiger partial charge in [-0.15, -0.1) is 0 Å². The summed E-state index contributed by atoms with van der Waals surface area (Å²) >= 11 is 1.87. The minimum absolute atomic E-state index is 0.187. The number of hydrogen-bond acceptors (Lipinski definition) is 3. The van der Waals surface area contributed by atoms with Gasteiger partial charge in [-0.2, -0.15) is 11.8 Å². The number of hydrogen-bond donors (Lipinski definition) is 1. The quantitative estimate of drug-likeness (QED) is 0.726. The van der Waals surface area contributed by atoms with Crippen molar-refractivity contribution in [3.05, 3.63) is 0 Å². The predicted molar refractivity (Wildman–Crippen MR) is 70.6 cm³/mol. The van der Waals surface area contributed by atoms with Gasteiger partial charge in [0.1, 0.15) is 0 Å². The molecule has 94 valence electrons. The number of thioether (sulfide) groups is 1. The van der Waals surface area contributed by atoms with E-state index >= 15 is 0 Å². The molecule has 0 bridgehead atoms. The first-order valence-electron chi connectivity index (χ1n) is 6.13. The van der Waals surface area contributed by atoms with E-state index in [1.807, 2.05) is 23.6 Å². The van der Waals surface area contributed by atoms with Crippen molar-refractivity contribution in [3.8, 4) is 0 Å². The average molecular weight is 244 g/mol. The van der Waals surface area contributed by atoms with Crippen LogP contribution < -0.4 is 5.32 Å². The lowest BCUT2D eigenvalue weighted by Crippen LogP contribution is -2.43. The third-order valence-electron chi connectivity index (χ3n) is 3.43. The molecule has 1 N–H and O–H groups in total. The van der Waals surface area contributed by atoms with Crippen molar-refractivity contribution in [2.24, 2.45) is 0 Å². The van der Waals surface area contributed by atoms with E-state index in [1.54, 1.807) is 0 Å². The molecular weight excluding hydrogens is 220 g/mol. The summed E-state index contributed by atoms with van der Waals surface area (Å²) in [5.41, 5.74) is -0.334. The van der Waals surface area contributed by atoms with Crippen LogP contribution in [0.4, 0.5) is 0 Å². The second-order valence-electron chi connectivity index (χ2n) is 4.70. The van der Waals surface area contributed by atoms with Crippen molar-refractivity contribution in [2.75, 3.05) is 18.6 Å². The summed E-state index contributed by atoms with van der Waals surface area (Å²) in [5, 5.41) is 3.39. The fraction of sp³-hybridized carbons (Fsp3) is 0.917. The van der Waals surface area contributed by atoms with E-state index in [-0.39, 0.29) is 17.6 Å². The van der Waals surface area contributed by atoms with Crippen molar-refractivity contribution in [2.45, 2.75) is 51.7 Å². The number of carbonyl (C=O) groups is 1. The third-order valence-corrected chi connectivity index (χ3v) is 4.13. The van der Waals surface area contributed by atoms with Gasteiger partial charge in [0, 0.05) is 6.54 Å². The molecule has 1 rings (SSSR count). The van der Waals surface area contributed by atoms with Crippen LogP contribution in [0.5, 0.6) is 0 Å². The first-order chi connectivity index (χ1) is 7.55. The molecule has 0 aromatic rings. The van der Waals surface area contributed by atoms with Gasteiger partial charge in [0.2, 0.25) is 5.91 Å². The largest absolute Gasteiger partial charge is 0.326 e. The van der Waals surface area contributed by atoms with Gasteiger partial charge < -0.3 is 4.90 Å². The van der Waals surface area contributed by atoms with E-state index < -0.39 is 0 Å². The zero-order chi connectivity index (χ0) is 12.2. The van der Waals surface area contributed by atoms with E-state index in [9.17, 15) is 4.79 Å². The van der Waals surface area contributed by atoms with Crippen molar-refractivity contribution in [3.63, 3.8) is 0 Å². The van der Waals surface area contributed by atoms with Crippen LogP contribution >= 0.6 is 11.8 Å². The number of nitrogens with zero attached hydrogens (tertiary/aromatic N) is 1. The summed E-state index contributed by atoms with van der Waals surface area (Å²) in [7, 11) is 0. The highest BCUT2D eigenvalue weighted by Crippen LogP contribution is 2.23. The van der Waals surface area contributed by atoms with Crippen LogP contribution in [0, 0.1) is 0 Å². The lowest BCUT2D eigenvalue weighted by molar-refractivity contribution is -0.132. The van der Waals surface area contributed by atoms with Crippen LogP contribution in [-0.2, 0) is 4.79 Å². The lowest BCUT2D eigenvalue weighted by Gasteiger charge is -2.21. The Labute approximate surface area is 103 Å². The van der Waals surface area contributed by atoms with Crippen LogP contribution in [0.2, 0.25) is 0 Å². The third kappa shape index (κ3) is 2.92.